The van der Waals surface area contributed by atoms with Crippen molar-refractivity contribution in [2.24, 2.45) is 5.92 Å². The minimum Gasteiger partial charge on any atom is -0.352 e. The Bertz CT molecular complexity index is 424. The van der Waals surface area contributed by atoms with E-state index < -0.39 is 0 Å². The molecule has 1 saturated carbocycles. The molecule has 2 rings (SSSR count). The van der Waals surface area contributed by atoms with Crippen LogP contribution in [0.5, 0.6) is 0 Å². The third-order valence-electron chi connectivity index (χ3n) is 3.44. The third-order valence-corrected chi connectivity index (χ3v) is 5.44. The van der Waals surface area contributed by atoms with Gasteiger partial charge in [-0.15, -0.1) is 11.8 Å². The quantitative estimate of drug-likeness (QED) is 0.674. The fraction of sp³-hybridized carbons (Fsp3) is 0.500. The maximum atomic E-state index is 12.1. The Kier molecular flexibility index (Phi) is 5.13. The number of amides is 1. The zero-order chi connectivity index (χ0) is 13.0. The van der Waals surface area contributed by atoms with E-state index >= 15 is 0 Å². The van der Waals surface area contributed by atoms with E-state index in [1.54, 1.807) is 11.8 Å². The Labute approximate surface area is 121 Å². The smallest absolute Gasteiger partial charge is 0.252 e. The number of rotatable bonds is 4. The Morgan fingerprint density at radius 1 is 1.44 bits per heavy atom. The molecule has 0 aromatic heterocycles. The van der Waals surface area contributed by atoms with Crippen LogP contribution in [0.1, 0.15) is 29.6 Å². The molecule has 0 aliphatic heterocycles. The van der Waals surface area contributed by atoms with E-state index in [0.717, 1.165) is 17.0 Å². The van der Waals surface area contributed by atoms with E-state index in [4.69, 9.17) is 0 Å². The van der Waals surface area contributed by atoms with Crippen molar-refractivity contribution in [1.29, 1.82) is 0 Å². The van der Waals surface area contributed by atoms with Crippen molar-refractivity contribution in [2.45, 2.75) is 29.0 Å². The third kappa shape index (κ3) is 3.29. The molecule has 1 aliphatic rings. The molecule has 0 bridgehead atoms. The summed E-state index contributed by atoms with van der Waals surface area (Å²) in [6.07, 6.45) is 5.69. The summed E-state index contributed by atoms with van der Waals surface area (Å²) in [4.78, 5) is 13.8. The molecule has 0 radical (unpaired) electrons. The SMILES string of the molecule is CSc1ccccc1C(=O)NCC1CCCC1Br. The summed E-state index contributed by atoms with van der Waals surface area (Å²) < 4.78 is 0. The van der Waals surface area contributed by atoms with E-state index in [0.29, 0.717) is 10.7 Å². The zero-order valence-electron chi connectivity index (χ0n) is 10.5. The Morgan fingerprint density at radius 2 is 2.22 bits per heavy atom. The number of hydrogen-bond acceptors (Lipinski definition) is 2. The minimum absolute atomic E-state index is 0.0477. The second-order valence-corrected chi connectivity index (χ2v) is 6.64. The molecule has 98 valence electrons. The second kappa shape index (κ2) is 6.62. The van der Waals surface area contributed by atoms with Crippen molar-refractivity contribution in [2.75, 3.05) is 12.8 Å². The average molecular weight is 328 g/mol. The number of alkyl halides is 1. The van der Waals surface area contributed by atoms with Gasteiger partial charge < -0.3 is 5.32 Å². The first-order valence-electron chi connectivity index (χ1n) is 6.27. The molecule has 0 saturated heterocycles. The van der Waals surface area contributed by atoms with Gasteiger partial charge in [0, 0.05) is 16.3 Å². The number of nitrogens with one attached hydrogen (secondary N) is 1. The van der Waals surface area contributed by atoms with E-state index in [1.165, 1.54) is 19.3 Å². The lowest BCUT2D eigenvalue weighted by atomic mass is 10.1. The van der Waals surface area contributed by atoms with Gasteiger partial charge in [0.1, 0.15) is 0 Å². The Hall–Kier alpha value is -0.480. The standard InChI is InChI=1S/C14H18BrNOS/c1-18-13-8-3-2-6-11(13)14(17)16-9-10-5-4-7-12(10)15/h2-3,6,8,10,12H,4-5,7,9H2,1H3,(H,16,17). The lowest BCUT2D eigenvalue weighted by Gasteiger charge is -2.15. The summed E-state index contributed by atoms with van der Waals surface area (Å²) >= 11 is 5.30. The summed E-state index contributed by atoms with van der Waals surface area (Å²) in [5, 5.41) is 3.06. The lowest BCUT2D eigenvalue weighted by molar-refractivity contribution is 0.0945. The molecule has 0 spiro atoms. The van der Waals surface area contributed by atoms with E-state index in [1.807, 2.05) is 30.5 Å². The highest BCUT2D eigenvalue weighted by Gasteiger charge is 2.25. The number of thioether (sulfide) groups is 1. The van der Waals surface area contributed by atoms with Gasteiger partial charge in [0.15, 0.2) is 0 Å². The summed E-state index contributed by atoms with van der Waals surface area (Å²) in [6, 6.07) is 7.76. The van der Waals surface area contributed by atoms with Crippen LogP contribution in [0.4, 0.5) is 0 Å². The van der Waals surface area contributed by atoms with E-state index in [9.17, 15) is 4.79 Å². The number of carbonyl (C=O) groups is 1. The van der Waals surface area contributed by atoms with Crippen LogP contribution in [0.2, 0.25) is 0 Å². The maximum Gasteiger partial charge on any atom is 0.252 e. The number of benzene rings is 1. The van der Waals surface area contributed by atoms with Gasteiger partial charge in [-0.3, -0.25) is 4.79 Å². The zero-order valence-corrected chi connectivity index (χ0v) is 12.9. The predicted molar refractivity (Wildman–Crippen MR) is 80.6 cm³/mol. The van der Waals surface area contributed by atoms with Gasteiger partial charge in [0.2, 0.25) is 0 Å². The predicted octanol–water partition coefficient (Wildman–Crippen LogP) is 3.70. The van der Waals surface area contributed by atoms with Gasteiger partial charge in [-0.05, 0) is 37.1 Å². The monoisotopic (exact) mass is 327 g/mol. The van der Waals surface area contributed by atoms with Crippen molar-refractivity contribution >= 4 is 33.6 Å². The van der Waals surface area contributed by atoms with Crippen molar-refractivity contribution < 1.29 is 4.79 Å². The molecule has 2 atom stereocenters. The first-order chi connectivity index (χ1) is 8.72. The van der Waals surface area contributed by atoms with E-state index in [2.05, 4.69) is 21.2 Å². The molecule has 1 aliphatic carbocycles. The Balaban J connectivity index is 1.95. The summed E-state index contributed by atoms with van der Waals surface area (Å²) in [7, 11) is 0. The molecular weight excluding hydrogens is 310 g/mol. The van der Waals surface area contributed by atoms with Crippen LogP contribution in [0.15, 0.2) is 29.2 Å². The first kappa shape index (κ1) is 13.9. The number of hydrogen-bond donors (Lipinski definition) is 1. The van der Waals surface area contributed by atoms with Crippen LogP contribution in [0, 0.1) is 5.92 Å². The summed E-state index contributed by atoms with van der Waals surface area (Å²) in [5.41, 5.74) is 0.786. The highest BCUT2D eigenvalue weighted by Crippen LogP contribution is 2.31. The van der Waals surface area contributed by atoms with Gasteiger partial charge in [-0.1, -0.05) is 34.5 Å². The highest BCUT2D eigenvalue weighted by atomic mass is 79.9. The Morgan fingerprint density at radius 3 is 2.89 bits per heavy atom. The first-order valence-corrected chi connectivity index (χ1v) is 8.41. The van der Waals surface area contributed by atoms with Gasteiger partial charge in [0.05, 0.1) is 5.56 Å². The van der Waals surface area contributed by atoms with Gasteiger partial charge in [-0.2, -0.15) is 0 Å². The van der Waals surface area contributed by atoms with Crippen molar-refractivity contribution in [3.05, 3.63) is 29.8 Å². The molecule has 0 heterocycles. The van der Waals surface area contributed by atoms with Crippen LogP contribution in [0.3, 0.4) is 0 Å². The molecular formula is C14H18BrNOS. The van der Waals surface area contributed by atoms with Gasteiger partial charge in [0.25, 0.3) is 5.91 Å². The second-order valence-electron chi connectivity index (χ2n) is 4.62. The van der Waals surface area contributed by atoms with Gasteiger partial charge in [-0.25, -0.2) is 0 Å². The largest absolute Gasteiger partial charge is 0.352 e. The highest BCUT2D eigenvalue weighted by molar-refractivity contribution is 9.09. The molecule has 4 heteroatoms. The van der Waals surface area contributed by atoms with Crippen LogP contribution in [-0.2, 0) is 0 Å². The van der Waals surface area contributed by atoms with Crippen molar-refractivity contribution in [3.8, 4) is 0 Å². The number of carbonyl (C=O) groups excluding carboxylic acids is 1. The number of halogens is 1. The van der Waals surface area contributed by atoms with Crippen molar-refractivity contribution in [3.63, 3.8) is 0 Å². The normalized spacial score (nSPS) is 23.0. The summed E-state index contributed by atoms with van der Waals surface area (Å²) in [5.74, 6) is 0.627. The molecule has 2 nitrogen and oxygen atoms in total. The van der Waals surface area contributed by atoms with Crippen LogP contribution in [0.25, 0.3) is 0 Å². The lowest BCUT2D eigenvalue weighted by Crippen LogP contribution is -2.31. The molecule has 1 fully saturated rings. The van der Waals surface area contributed by atoms with E-state index in [-0.39, 0.29) is 5.91 Å². The fourth-order valence-electron chi connectivity index (χ4n) is 2.37. The van der Waals surface area contributed by atoms with Crippen LogP contribution in [-0.4, -0.2) is 23.5 Å². The minimum atomic E-state index is 0.0477. The molecule has 18 heavy (non-hydrogen) atoms. The average Bonchev–Trinajstić information content (AvgIpc) is 2.81. The molecule has 1 N–H and O–H groups in total. The molecule has 1 amide bonds. The fourth-order valence-corrected chi connectivity index (χ4v) is 3.74. The molecule has 1 aromatic carbocycles. The maximum absolute atomic E-state index is 12.1. The topological polar surface area (TPSA) is 29.1 Å². The van der Waals surface area contributed by atoms with Gasteiger partial charge >= 0.3 is 0 Å². The molecule has 2 unspecified atom stereocenters. The molecule has 1 aromatic rings. The van der Waals surface area contributed by atoms with Crippen LogP contribution >= 0.6 is 27.7 Å². The van der Waals surface area contributed by atoms with Crippen LogP contribution < -0.4 is 5.32 Å². The van der Waals surface area contributed by atoms with Crippen molar-refractivity contribution in [1.82, 2.24) is 5.32 Å². The summed E-state index contributed by atoms with van der Waals surface area (Å²) in [6.45, 7) is 0.775.